The number of carbonyl (C=O) groups is 4. The van der Waals surface area contributed by atoms with Gasteiger partial charge < -0.3 is 15.4 Å². The van der Waals surface area contributed by atoms with E-state index in [4.69, 9.17) is 4.74 Å². The van der Waals surface area contributed by atoms with E-state index in [2.05, 4.69) is 20.6 Å². The van der Waals surface area contributed by atoms with Crippen molar-refractivity contribution < 1.29 is 23.9 Å². The maximum absolute atomic E-state index is 13.4. The fraction of sp³-hybridized carbons (Fsp3) is 0.143. The number of aliphatic imine (C=N–C) groups is 2. The minimum Gasteiger partial charge on any atom is -0.497 e. The molecule has 3 aromatic carbocycles. The van der Waals surface area contributed by atoms with E-state index in [0.717, 1.165) is 0 Å². The highest BCUT2D eigenvalue weighted by Crippen LogP contribution is 2.37. The van der Waals surface area contributed by atoms with Crippen molar-refractivity contribution in [2.45, 2.75) is 5.92 Å². The second-order valence-electron chi connectivity index (χ2n) is 8.56. The van der Waals surface area contributed by atoms with Crippen LogP contribution in [0.25, 0.3) is 0 Å². The smallest absolute Gasteiger partial charge is 0.260 e. The average Bonchev–Trinajstić information content (AvgIpc) is 2.92. The van der Waals surface area contributed by atoms with Crippen LogP contribution in [0.3, 0.4) is 0 Å². The van der Waals surface area contributed by atoms with Crippen LogP contribution >= 0.6 is 0 Å². The molecule has 4 amide bonds. The number of hydrogen-bond donors (Lipinski definition) is 2. The minimum atomic E-state index is -1.42. The number of nitrogens with zero attached hydrogens (tertiary/aromatic N) is 2. The summed E-state index contributed by atoms with van der Waals surface area (Å²) < 4.78 is 5.21. The Balaban J connectivity index is 1.56. The van der Waals surface area contributed by atoms with Gasteiger partial charge in [-0.05, 0) is 17.7 Å². The third-order valence-corrected chi connectivity index (χ3v) is 6.34. The zero-order valence-electron chi connectivity index (χ0n) is 19.8. The topological polar surface area (TPSA) is 126 Å². The van der Waals surface area contributed by atoms with Gasteiger partial charge in [-0.25, -0.2) is 0 Å². The van der Waals surface area contributed by atoms with E-state index in [9.17, 15) is 19.2 Å². The van der Waals surface area contributed by atoms with Crippen LogP contribution in [0, 0.1) is 11.8 Å². The number of hydrogen-bond acceptors (Lipinski definition) is 5. The molecule has 0 saturated carbocycles. The number of benzene rings is 3. The van der Waals surface area contributed by atoms with Crippen molar-refractivity contribution >= 4 is 35.3 Å². The molecule has 2 atom stereocenters. The quantitative estimate of drug-likeness (QED) is 0.508. The summed E-state index contributed by atoms with van der Waals surface area (Å²) in [4.78, 5) is 61.6. The lowest BCUT2D eigenvalue weighted by Crippen LogP contribution is -2.53. The minimum absolute atomic E-state index is 0.115. The predicted octanol–water partition coefficient (Wildman–Crippen LogP) is 2.22. The van der Waals surface area contributed by atoms with Crippen LogP contribution < -0.4 is 15.4 Å². The van der Waals surface area contributed by atoms with Crippen molar-refractivity contribution in [2.75, 3.05) is 7.11 Å². The highest BCUT2D eigenvalue weighted by molar-refractivity contribution is 6.24. The fourth-order valence-electron chi connectivity index (χ4n) is 4.53. The Morgan fingerprint density at radius 3 is 1.46 bits per heavy atom. The molecule has 37 heavy (non-hydrogen) atoms. The Morgan fingerprint density at radius 1 is 0.649 bits per heavy atom. The number of carbonyl (C=O) groups excluding carboxylic acids is 4. The van der Waals surface area contributed by atoms with Crippen molar-refractivity contribution in [3.63, 3.8) is 0 Å². The van der Waals surface area contributed by atoms with Gasteiger partial charge in [0.15, 0.2) is 0 Å². The molecule has 2 heterocycles. The predicted molar refractivity (Wildman–Crippen MR) is 135 cm³/mol. The molecule has 0 radical (unpaired) electrons. The van der Waals surface area contributed by atoms with Gasteiger partial charge >= 0.3 is 0 Å². The van der Waals surface area contributed by atoms with Crippen LogP contribution in [0.1, 0.15) is 22.6 Å². The van der Waals surface area contributed by atoms with Gasteiger partial charge in [0.1, 0.15) is 29.3 Å². The fourth-order valence-corrected chi connectivity index (χ4v) is 4.53. The first-order chi connectivity index (χ1) is 18.0. The molecule has 0 bridgehead atoms. The second kappa shape index (κ2) is 9.98. The number of amidine groups is 2. The summed E-state index contributed by atoms with van der Waals surface area (Å²) in [7, 11) is 1.50. The van der Waals surface area contributed by atoms with Crippen LogP contribution in [-0.4, -0.2) is 42.4 Å². The van der Waals surface area contributed by atoms with Gasteiger partial charge in [0.05, 0.1) is 7.11 Å². The van der Waals surface area contributed by atoms with Crippen LogP contribution in [0.5, 0.6) is 5.75 Å². The van der Waals surface area contributed by atoms with Gasteiger partial charge in [-0.15, -0.1) is 0 Å². The number of rotatable bonds is 6. The molecule has 0 saturated heterocycles. The highest BCUT2D eigenvalue weighted by atomic mass is 16.5. The number of ether oxygens (including phenoxy) is 1. The molecule has 0 fully saturated rings. The second-order valence-corrected chi connectivity index (χ2v) is 8.56. The maximum Gasteiger partial charge on any atom is 0.260 e. The molecule has 9 nitrogen and oxygen atoms in total. The van der Waals surface area contributed by atoms with E-state index < -0.39 is 41.4 Å². The lowest BCUT2D eigenvalue weighted by Gasteiger charge is -2.33. The van der Waals surface area contributed by atoms with Gasteiger partial charge in [-0.3, -0.25) is 19.2 Å². The van der Waals surface area contributed by atoms with Crippen LogP contribution in [0.4, 0.5) is 0 Å². The third-order valence-electron chi connectivity index (χ3n) is 6.34. The highest BCUT2D eigenvalue weighted by Gasteiger charge is 2.49. The first-order valence-electron chi connectivity index (χ1n) is 11.6. The summed E-state index contributed by atoms with van der Waals surface area (Å²) >= 11 is 0. The normalized spacial score (nSPS) is 19.6. The van der Waals surface area contributed by atoms with Crippen molar-refractivity contribution in [1.82, 2.24) is 10.6 Å². The lowest BCUT2D eigenvalue weighted by atomic mass is 9.74. The molecule has 2 aliphatic heterocycles. The van der Waals surface area contributed by atoms with Crippen LogP contribution in [0.2, 0.25) is 0 Å². The van der Waals surface area contributed by atoms with E-state index in [-0.39, 0.29) is 11.7 Å². The first kappa shape index (κ1) is 23.8. The molecule has 9 heteroatoms. The van der Waals surface area contributed by atoms with Gasteiger partial charge in [0.25, 0.3) is 11.8 Å². The van der Waals surface area contributed by atoms with Crippen molar-refractivity contribution in [2.24, 2.45) is 21.8 Å². The van der Waals surface area contributed by atoms with E-state index in [0.29, 0.717) is 22.4 Å². The molecular formula is C28H22N4O5. The van der Waals surface area contributed by atoms with Gasteiger partial charge in [-0.1, -0.05) is 72.8 Å². The van der Waals surface area contributed by atoms with Gasteiger partial charge in [0, 0.05) is 17.0 Å². The van der Waals surface area contributed by atoms with Crippen LogP contribution in [0.15, 0.2) is 94.9 Å². The molecule has 5 rings (SSSR count). The summed E-state index contributed by atoms with van der Waals surface area (Å²) in [5.41, 5.74) is 1.55. The summed E-state index contributed by atoms with van der Waals surface area (Å²) in [6, 6.07) is 24.0. The average molecular weight is 495 g/mol. The van der Waals surface area contributed by atoms with E-state index in [1.54, 1.807) is 84.9 Å². The summed E-state index contributed by atoms with van der Waals surface area (Å²) in [6.07, 6.45) is 0. The zero-order valence-corrected chi connectivity index (χ0v) is 19.8. The molecule has 184 valence electrons. The first-order valence-corrected chi connectivity index (χ1v) is 11.6. The standard InChI is InChI=1S/C28H22N4O5/c1-37-19-14-12-16(13-15-19)20(21-25(33)29-23(30-26(21)34)17-8-4-2-5-9-17)22-27(35)31-24(32-28(22)36)18-10-6-3-7-11-18/h2-15,20-22H,1H3,(H,29,30,33,34)(H,31,32,35,36). The number of amides is 4. The van der Waals surface area contributed by atoms with Crippen molar-refractivity contribution in [1.29, 1.82) is 0 Å². The molecule has 2 aliphatic rings. The molecule has 0 unspecified atom stereocenters. The molecule has 3 aromatic rings. The summed E-state index contributed by atoms with van der Waals surface area (Å²) in [5.74, 6) is -6.03. The largest absolute Gasteiger partial charge is 0.497 e. The molecule has 2 N–H and O–H groups in total. The maximum atomic E-state index is 13.4. The lowest BCUT2D eigenvalue weighted by molar-refractivity contribution is -0.139. The van der Waals surface area contributed by atoms with E-state index in [1.165, 1.54) is 7.11 Å². The van der Waals surface area contributed by atoms with E-state index >= 15 is 0 Å². The zero-order chi connectivity index (χ0) is 25.9. The van der Waals surface area contributed by atoms with Gasteiger partial charge in [-0.2, -0.15) is 9.98 Å². The molecular weight excluding hydrogens is 472 g/mol. The summed E-state index contributed by atoms with van der Waals surface area (Å²) in [5, 5.41) is 5.35. The molecule has 0 spiro atoms. The number of methoxy groups -OCH3 is 1. The van der Waals surface area contributed by atoms with Crippen molar-refractivity contribution in [3.05, 3.63) is 102 Å². The number of nitrogens with one attached hydrogen (secondary N) is 2. The Bertz CT molecular complexity index is 1340. The third kappa shape index (κ3) is 4.66. The Kier molecular flexibility index (Phi) is 6.42. The van der Waals surface area contributed by atoms with Crippen molar-refractivity contribution in [3.8, 4) is 5.75 Å². The SMILES string of the molecule is COc1ccc(C([C@H]2C(=O)N=C(c3ccccc3)NC2=O)[C@H]2C(=O)N=C(c3ccccc3)NC2=O)cc1. The van der Waals surface area contributed by atoms with E-state index in [1.807, 2.05) is 0 Å². The van der Waals surface area contributed by atoms with Crippen LogP contribution in [-0.2, 0) is 19.2 Å². The Hall–Kier alpha value is -4.92. The molecule has 0 aromatic heterocycles. The summed E-state index contributed by atoms with van der Waals surface area (Å²) in [6.45, 7) is 0. The Morgan fingerprint density at radius 2 is 1.08 bits per heavy atom. The van der Waals surface area contributed by atoms with Gasteiger partial charge in [0.2, 0.25) is 11.8 Å². The Labute approximate surface area is 212 Å². The molecule has 0 aliphatic carbocycles. The monoisotopic (exact) mass is 494 g/mol.